The molecule has 0 bridgehead atoms. The number of nitrogens with zero attached hydrogens (tertiary/aromatic N) is 9. The van der Waals surface area contributed by atoms with Gasteiger partial charge in [-0.25, -0.2) is 43.9 Å². The van der Waals surface area contributed by atoms with Crippen LogP contribution in [0.5, 0.6) is 0 Å². The highest BCUT2D eigenvalue weighted by molar-refractivity contribution is 8.55. The molecule has 0 saturated carbocycles. The van der Waals surface area contributed by atoms with Gasteiger partial charge in [0.2, 0.25) is 0 Å². The Bertz CT molecular complexity index is 3690. The molecule has 4 saturated heterocycles. The number of aliphatic hydroxyl groups excluding tert-OH is 4. The molecule has 10 heterocycles. The first-order valence-corrected chi connectivity index (χ1v) is 31.7. The molecule has 11 N–H and O–H groups in total. The Labute approximate surface area is 500 Å². The Morgan fingerprint density at radius 2 is 1.25 bits per heavy atom. The lowest BCUT2D eigenvalue weighted by molar-refractivity contribution is -0.0625. The summed E-state index contributed by atoms with van der Waals surface area (Å²) >= 11 is 5.65. The Hall–Kier alpha value is -5.97. The number of anilines is 2. The molecule has 0 aromatic carbocycles. The summed E-state index contributed by atoms with van der Waals surface area (Å²) in [4.78, 5) is 95.6. The van der Waals surface area contributed by atoms with E-state index >= 15 is 0 Å². The van der Waals surface area contributed by atoms with Crippen LogP contribution in [0.1, 0.15) is 59.0 Å². The molecule has 10 rings (SSSR count). The number of pyridine rings is 1. The van der Waals surface area contributed by atoms with Gasteiger partial charge in [0.05, 0.1) is 63.1 Å². The summed E-state index contributed by atoms with van der Waals surface area (Å²) in [5, 5.41) is 41.3. The number of hydrogen-bond donors (Lipinski definition) is 9. The van der Waals surface area contributed by atoms with Crippen LogP contribution in [0, 0.1) is 0 Å². The number of carbonyl (C=O) groups is 1. The van der Waals surface area contributed by atoms with E-state index in [1.807, 2.05) is 0 Å². The maximum Gasteiger partial charge on any atom is 0.509 e. The number of imidazole rings is 2. The van der Waals surface area contributed by atoms with E-state index in [2.05, 4.69) is 34.9 Å². The van der Waals surface area contributed by atoms with E-state index in [9.17, 15) is 53.9 Å². The van der Waals surface area contributed by atoms with Gasteiger partial charge in [0, 0.05) is 69.2 Å². The maximum atomic E-state index is 14.2. The van der Waals surface area contributed by atoms with Crippen molar-refractivity contribution in [3.8, 4) is 0 Å². The smallest absolute Gasteiger partial charge is 0.432 e. The highest BCUT2D eigenvalue weighted by Gasteiger charge is 2.52. The van der Waals surface area contributed by atoms with Crippen molar-refractivity contribution in [2.24, 2.45) is 0 Å². The van der Waals surface area contributed by atoms with E-state index in [0.717, 1.165) is 21.3 Å². The van der Waals surface area contributed by atoms with Crippen LogP contribution < -0.4 is 34.0 Å². The summed E-state index contributed by atoms with van der Waals surface area (Å²) in [7, 11) is 2.60. The van der Waals surface area contributed by atoms with E-state index in [1.54, 1.807) is 29.0 Å². The number of H-pyrrole nitrogens is 2. The highest BCUT2D eigenvalue weighted by Crippen LogP contribution is 2.63. The molecule has 0 amide bonds. The molecule has 87 heavy (non-hydrogen) atoms. The number of ether oxygens (including phenoxy) is 8. The minimum absolute atomic E-state index is 0. The molecule has 4 aliphatic heterocycles. The van der Waals surface area contributed by atoms with E-state index in [-0.39, 0.29) is 32.7 Å². The van der Waals surface area contributed by atoms with Crippen LogP contribution in [-0.4, -0.2) is 198 Å². The van der Waals surface area contributed by atoms with Gasteiger partial charge in [-0.1, -0.05) is 7.43 Å². The Kier molecular flexibility index (Phi) is 22.1. The highest BCUT2D eigenvalue weighted by atomic mass is 32.7. The van der Waals surface area contributed by atoms with Gasteiger partial charge in [0.25, 0.3) is 11.1 Å². The molecule has 36 nitrogen and oxygen atoms in total. The number of rotatable bonds is 22. The van der Waals surface area contributed by atoms with Gasteiger partial charge in [-0.3, -0.25) is 51.4 Å². The average Bonchev–Trinajstić information content (AvgIpc) is 1.81. The molecular formula is C47H65N13O23P2S2. The van der Waals surface area contributed by atoms with E-state index in [0.29, 0.717) is 39.4 Å². The maximum absolute atomic E-state index is 14.2. The second-order valence-electron chi connectivity index (χ2n) is 19.6. The lowest BCUT2D eigenvalue weighted by Crippen LogP contribution is -2.40. The quantitative estimate of drug-likeness (QED) is 0.0238. The molecular weight excluding hydrogens is 1240 g/mol. The second kappa shape index (κ2) is 28.7. The van der Waals surface area contributed by atoms with Crippen molar-refractivity contribution in [1.29, 1.82) is 0 Å². The zero-order chi connectivity index (χ0) is 61.8. The fourth-order valence-corrected chi connectivity index (χ4v) is 13.8. The van der Waals surface area contributed by atoms with Crippen molar-refractivity contribution >= 4 is 76.7 Å². The minimum Gasteiger partial charge on any atom is -0.432 e. The molecule has 6 unspecified atom stereocenters. The predicted octanol–water partition coefficient (Wildman–Crippen LogP) is -0.354. The summed E-state index contributed by atoms with van der Waals surface area (Å²) in [6, 6.07) is 3.82. The van der Waals surface area contributed by atoms with Crippen molar-refractivity contribution < 1.29 is 90.7 Å². The monoisotopic (exact) mass is 1310 g/mol. The second-order valence-corrected chi connectivity index (χ2v) is 26.3. The van der Waals surface area contributed by atoms with Crippen LogP contribution in [0.15, 0.2) is 74.9 Å². The summed E-state index contributed by atoms with van der Waals surface area (Å²) in [5.41, 5.74) is 11.1. The van der Waals surface area contributed by atoms with Gasteiger partial charge < -0.3 is 79.2 Å². The number of methoxy groups -OCH3 is 2. The van der Waals surface area contributed by atoms with Crippen LogP contribution in [-0.2, 0) is 72.4 Å². The van der Waals surface area contributed by atoms with Crippen molar-refractivity contribution in [3.05, 3.63) is 97.4 Å². The average molecular weight is 1310 g/mol. The van der Waals surface area contributed by atoms with Crippen LogP contribution in [0.25, 0.3) is 22.3 Å². The molecule has 478 valence electrons. The zero-order valence-electron chi connectivity index (χ0n) is 45.8. The van der Waals surface area contributed by atoms with Gasteiger partial charge in [-0.2, -0.15) is 0 Å². The van der Waals surface area contributed by atoms with E-state index in [4.69, 9.17) is 79.3 Å². The number of carbonyl (C=O) groups excluding carboxylic acids is 1. The first-order chi connectivity index (χ1) is 41.0. The molecule has 0 spiro atoms. The summed E-state index contributed by atoms with van der Waals surface area (Å²) in [6.07, 6.45) is -7.55. The van der Waals surface area contributed by atoms with E-state index in [1.165, 1.54) is 51.8 Å². The number of aromatic nitrogens is 11. The number of nitrogens with one attached hydrogen (secondary N) is 2. The Morgan fingerprint density at radius 1 is 0.736 bits per heavy atom. The number of aliphatic hydroxyl groups is 4. The number of hydrogen-bond acceptors (Lipinski definition) is 31. The summed E-state index contributed by atoms with van der Waals surface area (Å²) < 4.78 is 86.8. The zero-order valence-corrected chi connectivity index (χ0v) is 49.2. The summed E-state index contributed by atoms with van der Waals surface area (Å²) in [5.74, 6) is -0.333. The molecule has 0 radical (unpaired) electrons. The number of nitrogen functional groups attached to an aromatic ring is 2. The van der Waals surface area contributed by atoms with Gasteiger partial charge in [0.15, 0.2) is 35.5 Å². The third kappa shape index (κ3) is 15.2. The van der Waals surface area contributed by atoms with Crippen molar-refractivity contribution in [3.63, 3.8) is 0 Å². The van der Waals surface area contributed by atoms with E-state index < -0.39 is 160 Å². The predicted molar refractivity (Wildman–Crippen MR) is 305 cm³/mol. The van der Waals surface area contributed by atoms with Gasteiger partial charge in [-0.15, -0.1) is 0 Å². The fourth-order valence-electron chi connectivity index (χ4n) is 9.62. The van der Waals surface area contributed by atoms with Crippen molar-refractivity contribution in [1.82, 2.24) is 53.2 Å². The van der Waals surface area contributed by atoms with Crippen molar-refractivity contribution in [2.75, 3.05) is 58.1 Å². The third-order valence-electron chi connectivity index (χ3n) is 13.7. The topological polar surface area (TPSA) is 482 Å². The number of fused-ring (bicyclic) bond motifs is 2. The Morgan fingerprint density at radius 3 is 1.77 bits per heavy atom. The standard InChI is InChI=1S/C26H35N6O13PS.C20H26N7O10PS.CH4/c1-13(2)42-26(37)40-12-47-46(38,45-21-16(9-33)44-24(22(21)39-3)31-7-5-18(35)30-25(31)36)41-10-17-15(34)8-19(43-17)32-11-29-20-14(27)4-6-28-23(20)32;1-33-16-15(10(5-28)36-19(16)26-3-2-12(30)25-20(26)31)37-38(32,39)34-6-11-9(29)4-13(35-11)27-8-24-14-17(21)22-7-23-18(14)27;/h4-7,11,13,15-17,19,21-22,24,33-34H,8-10,12H2,1-3H3,(H2,27,28)(H,30,35,36);2-3,7-11,13,15-16,19,28-29H,4-6H2,1H3,(H,32,39)(H2,21,22,23)(H,25,30,31);1H4/t15?,16-,17-,19-,21?,22+,24-,46?;9?,10-,11-,13-,15?,16+,19-,38?;/m11./s1. The van der Waals surface area contributed by atoms with Gasteiger partial charge >= 0.3 is 31.1 Å². The lowest BCUT2D eigenvalue weighted by atomic mass is 10.1. The molecule has 4 fully saturated rings. The normalized spacial score (nSPS) is 28.5. The van der Waals surface area contributed by atoms with Gasteiger partial charge in [0.1, 0.15) is 78.6 Å². The first-order valence-electron chi connectivity index (χ1n) is 26.0. The minimum atomic E-state index is -4.37. The van der Waals surface area contributed by atoms with Crippen LogP contribution in [0.3, 0.4) is 0 Å². The third-order valence-corrected chi connectivity index (χ3v) is 18.6. The van der Waals surface area contributed by atoms with Crippen LogP contribution in [0.4, 0.5) is 16.3 Å². The number of nitrogens with two attached hydrogens (primary N) is 2. The molecule has 16 atom stereocenters. The molecule has 40 heteroatoms. The first kappa shape index (κ1) is 67.0. The molecule has 0 aliphatic carbocycles. The van der Waals surface area contributed by atoms with Crippen LogP contribution in [0.2, 0.25) is 0 Å². The Balaban J connectivity index is 0.000000227. The summed E-state index contributed by atoms with van der Waals surface area (Å²) in [6.45, 7) is -7.13. The molecule has 6 aromatic rings. The number of aromatic amines is 2. The van der Waals surface area contributed by atoms with Crippen LogP contribution >= 0.6 is 24.9 Å². The lowest BCUT2D eigenvalue weighted by Gasteiger charge is -2.28. The fraction of sp³-hybridized carbons (Fsp3) is 0.574. The largest absolute Gasteiger partial charge is 0.509 e. The SMILES string of the molecule is C.CO[C@H]1C(OP(=O)(OC[C@H]2O[C@@H](n3cnc4c(N)ccnc43)CC2O)SCOC(=O)OC(C)C)[C@@H](CO)O[C@H]1n1ccc(=O)[nH]c1=O.CO[C@H]1C(OP(O)(=S)OC[C@H]2O[C@@H](n3cnc4c(N)ncnc43)CC2O)[C@@H](CO)O[C@H]1n1ccc(=O)[nH]c1=O. The van der Waals surface area contributed by atoms with Crippen molar-refractivity contribution in [2.45, 2.75) is 126 Å². The molecule has 4 aliphatic rings. The van der Waals surface area contributed by atoms with Gasteiger partial charge in [-0.05, 0) is 31.7 Å². The molecule has 6 aromatic heterocycles.